The van der Waals surface area contributed by atoms with Crippen LogP contribution in [-0.2, 0) is 0 Å². The molecule has 0 aliphatic rings. The molecule has 0 spiro atoms. The summed E-state index contributed by atoms with van der Waals surface area (Å²) in [6, 6.07) is 59.9. The van der Waals surface area contributed by atoms with E-state index >= 15 is 0 Å². The van der Waals surface area contributed by atoms with Crippen LogP contribution in [0.1, 0.15) is 0 Å². The topological polar surface area (TPSA) is 51.6 Å². The van der Waals surface area contributed by atoms with E-state index in [4.69, 9.17) is 9.97 Å². The van der Waals surface area contributed by atoms with Crippen molar-refractivity contribution in [3.63, 3.8) is 0 Å². The summed E-state index contributed by atoms with van der Waals surface area (Å²) < 4.78 is 0. The van der Waals surface area contributed by atoms with Gasteiger partial charge in [-0.05, 0) is 78.5 Å². The molecule has 3 aromatic heterocycles. The first-order valence-electron chi connectivity index (χ1n) is 18.1. The fourth-order valence-electron chi connectivity index (χ4n) is 7.72. The number of rotatable bonds is 6. The standard InChI is InChI=1S/C50H32N4/c1-2-12-34(13-3-1)48-41-19-6-8-21-43(41)49(44-22-9-7-20-42(44)48)37-16-10-15-36(28-37)46-29-47(45-32-52-31-39-14-4-5-18-40(39)45)54-50(53-46)35-25-23-33(24-26-35)38-17-11-27-51-30-38/h1-32H. The van der Waals surface area contributed by atoms with E-state index in [9.17, 15) is 0 Å². The number of aromatic nitrogens is 4. The Balaban J connectivity index is 1.17. The number of nitrogens with zero attached hydrogens (tertiary/aromatic N) is 4. The van der Waals surface area contributed by atoms with Crippen LogP contribution in [0, 0.1) is 0 Å². The largest absolute Gasteiger partial charge is 0.264 e. The van der Waals surface area contributed by atoms with E-state index in [1.54, 1.807) is 6.20 Å². The molecular formula is C50H32N4. The van der Waals surface area contributed by atoms with Crippen LogP contribution < -0.4 is 0 Å². The highest BCUT2D eigenvalue weighted by molar-refractivity contribution is 6.21. The normalized spacial score (nSPS) is 11.3. The molecule has 0 bridgehead atoms. The molecule has 0 saturated heterocycles. The second-order valence-corrected chi connectivity index (χ2v) is 13.5. The summed E-state index contributed by atoms with van der Waals surface area (Å²) in [6.07, 6.45) is 7.49. The van der Waals surface area contributed by atoms with Crippen LogP contribution in [0.15, 0.2) is 195 Å². The SMILES string of the molecule is c1ccc(-c2c3ccccc3c(-c3cccc(-c4cc(-c5cncc6ccccc56)nc(-c5ccc(-c6cccnc6)cc5)n4)c3)c3ccccc23)cc1. The van der Waals surface area contributed by atoms with Gasteiger partial charge in [-0.15, -0.1) is 0 Å². The first-order valence-corrected chi connectivity index (χ1v) is 18.1. The predicted molar refractivity (Wildman–Crippen MR) is 223 cm³/mol. The summed E-state index contributed by atoms with van der Waals surface area (Å²) in [5.41, 5.74) is 11.5. The van der Waals surface area contributed by atoms with E-state index in [1.807, 2.05) is 30.7 Å². The van der Waals surface area contributed by atoms with E-state index < -0.39 is 0 Å². The third-order valence-corrected chi connectivity index (χ3v) is 10.2. The smallest absolute Gasteiger partial charge is 0.160 e. The maximum atomic E-state index is 5.25. The first kappa shape index (κ1) is 31.4. The molecule has 252 valence electrons. The molecule has 54 heavy (non-hydrogen) atoms. The summed E-state index contributed by atoms with van der Waals surface area (Å²) in [7, 11) is 0. The van der Waals surface area contributed by atoms with E-state index in [2.05, 4.69) is 168 Å². The van der Waals surface area contributed by atoms with Crippen molar-refractivity contribution in [1.82, 2.24) is 19.9 Å². The van der Waals surface area contributed by atoms with Crippen molar-refractivity contribution in [1.29, 1.82) is 0 Å². The van der Waals surface area contributed by atoms with Crippen molar-refractivity contribution in [2.24, 2.45) is 0 Å². The fraction of sp³-hybridized carbons (Fsp3) is 0. The Kier molecular flexibility index (Phi) is 7.77. The lowest BCUT2D eigenvalue weighted by Gasteiger charge is -2.18. The van der Waals surface area contributed by atoms with Crippen LogP contribution in [-0.4, -0.2) is 19.9 Å². The van der Waals surface area contributed by atoms with Gasteiger partial charge in [0.2, 0.25) is 0 Å². The summed E-state index contributed by atoms with van der Waals surface area (Å²) in [4.78, 5) is 19.4. The minimum absolute atomic E-state index is 0.654. The average molecular weight is 689 g/mol. The molecule has 0 unspecified atom stereocenters. The molecule has 0 saturated carbocycles. The molecule has 4 nitrogen and oxygen atoms in total. The van der Waals surface area contributed by atoms with Gasteiger partial charge in [-0.3, -0.25) is 9.97 Å². The van der Waals surface area contributed by atoms with Crippen molar-refractivity contribution in [3.8, 4) is 67.3 Å². The minimum atomic E-state index is 0.654. The minimum Gasteiger partial charge on any atom is -0.264 e. The highest BCUT2D eigenvalue weighted by Gasteiger charge is 2.18. The van der Waals surface area contributed by atoms with Crippen LogP contribution in [0.25, 0.3) is 99.6 Å². The Hall–Kier alpha value is -7.30. The summed E-state index contributed by atoms with van der Waals surface area (Å²) >= 11 is 0. The molecule has 10 rings (SSSR count). The molecule has 4 heteroatoms. The quantitative estimate of drug-likeness (QED) is 0.163. The van der Waals surface area contributed by atoms with Gasteiger partial charge in [-0.25, -0.2) is 9.97 Å². The summed E-state index contributed by atoms with van der Waals surface area (Å²) in [5.74, 6) is 0.654. The van der Waals surface area contributed by atoms with Gasteiger partial charge < -0.3 is 0 Å². The number of pyridine rings is 2. The van der Waals surface area contributed by atoms with Crippen LogP contribution in [0.2, 0.25) is 0 Å². The van der Waals surface area contributed by atoms with Gasteiger partial charge in [0, 0.05) is 46.9 Å². The molecule has 3 heterocycles. The van der Waals surface area contributed by atoms with Gasteiger partial charge in [0.05, 0.1) is 11.4 Å². The number of hydrogen-bond acceptors (Lipinski definition) is 4. The molecule has 0 N–H and O–H groups in total. The lowest BCUT2D eigenvalue weighted by atomic mass is 9.85. The van der Waals surface area contributed by atoms with Gasteiger partial charge in [0.15, 0.2) is 5.82 Å². The Morgan fingerprint density at radius 2 is 0.889 bits per heavy atom. The summed E-state index contributed by atoms with van der Waals surface area (Å²) in [6.45, 7) is 0. The van der Waals surface area contributed by atoms with Crippen molar-refractivity contribution < 1.29 is 0 Å². The second-order valence-electron chi connectivity index (χ2n) is 13.5. The van der Waals surface area contributed by atoms with Crippen LogP contribution in [0.4, 0.5) is 0 Å². The number of benzene rings is 7. The van der Waals surface area contributed by atoms with E-state index in [0.29, 0.717) is 5.82 Å². The van der Waals surface area contributed by atoms with E-state index in [-0.39, 0.29) is 0 Å². The maximum Gasteiger partial charge on any atom is 0.160 e. The zero-order chi connectivity index (χ0) is 35.8. The zero-order valence-electron chi connectivity index (χ0n) is 29.3. The number of hydrogen-bond donors (Lipinski definition) is 0. The average Bonchev–Trinajstić information content (AvgIpc) is 3.26. The lowest BCUT2D eigenvalue weighted by molar-refractivity contribution is 1.18. The molecular weight excluding hydrogens is 657 g/mol. The van der Waals surface area contributed by atoms with Crippen LogP contribution >= 0.6 is 0 Å². The molecule has 0 atom stereocenters. The van der Waals surface area contributed by atoms with Crippen LogP contribution in [0.3, 0.4) is 0 Å². The molecule has 0 fully saturated rings. The molecule has 0 aliphatic carbocycles. The van der Waals surface area contributed by atoms with Gasteiger partial charge in [0.1, 0.15) is 0 Å². The van der Waals surface area contributed by atoms with E-state index in [0.717, 1.165) is 55.5 Å². The first-order chi connectivity index (χ1) is 26.8. The maximum absolute atomic E-state index is 5.25. The highest BCUT2D eigenvalue weighted by atomic mass is 14.9. The van der Waals surface area contributed by atoms with Gasteiger partial charge >= 0.3 is 0 Å². The third kappa shape index (κ3) is 5.58. The Labute approximate surface area is 313 Å². The molecule has 10 aromatic rings. The van der Waals surface area contributed by atoms with Crippen molar-refractivity contribution >= 4 is 32.3 Å². The summed E-state index contributed by atoms with van der Waals surface area (Å²) in [5, 5.41) is 7.05. The fourth-order valence-corrected chi connectivity index (χ4v) is 7.72. The number of fused-ring (bicyclic) bond motifs is 3. The molecule has 0 radical (unpaired) electrons. The highest BCUT2D eigenvalue weighted by Crippen LogP contribution is 2.44. The Morgan fingerprint density at radius 1 is 0.315 bits per heavy atom. The van der Waals surface area contributed by atoms with Crippen molar-refractivity contribution in [2.75, 3.05) is 0 Å². The Morgan fingerprint density at radius 3 is 1.59 bits per heavy atom. The van der Waals surface area contributed by atoms with E-state index in [1.165, 1.54) is 38.2 Å². The van der Waals surface area contributed by atoms with Gasteiger partial charge in [0.25, 0.3) is 0 Å². The molecule has 0 amide bonds. The third-order valence-electron chi connectivity index (χ3n) is 10.2. The molecule has 7 aromatic carbocycles. The second kappa shape index (κ2) is 13.4. The zero-order valence-corrected chi connectivity index (χ0v) is 29.3. The van der Waals surface area contributed by atoms with Crippen LogP contribution in [0.5, 0.6) is 0 Å². The monoisotopic (exact) mass is 688 g/mol. The molecule has 0 aliphatic heterocycles. The van der Waals surface area contributed by atoms with Crippen molar-refractivity contribution in [2.45, 2.75) is 0 Å². The lowest BCUT2D eigenvalue weighted by Crippen LogP contribution is -1.97. The van der Waals surface area contributed by atoms with Gasteiger partial charge in [-0.1, -0.05) is 152 Å². The van der Waals surface area contributed by atoms with Crippen molar-refractivity contribution in [3.05, 3.63) is 195 Å². The van der Waals surface area contributed by atoms with Gasteiger partial charge in [-0.2, -0.15) is 0 Å². The Bertz CT molecular complexity index is 2910. The predicted octanol–water partition coefficient (Wildman–Crippen LogP) is 12.7.